The monoisotopic (exact) mass is 433 g/mol. The fraction of sp³-hybridized carbons (Fsp3) is 0.125. The molecule has 3 aromatic carbocycles. The fourth-order valence-electron chi connectivity index (χ4n) is 3.41. The van der Waals surface area contributed by atoms with Crippen molar-refractivity contribution in [2.45, 2.75) is 18.0 Å². The van der Waals surface area contributed by atoms with E-state index in [4.69, 9.17) is 0 Å². The number of aromatic nitrogens is 1. The molecule has 1 heterocycles. The third kappa shape index (κ3) is 4.52. The molecule has 4 rings (SSSR count). The van der Waals surface area contributed by atoms with Crippen LogP contribution < -0.4 is 5.32 Å². The predicted molar refractivity (Wildman–Crippen MR) is 121 cm³/mol. The van der Waals surface area contributed by atoms with Crippen LogP contribution in [-0.2, 0) is 23.1 Å². The number of para-hydroxylation sites is 1. The van der Waals surface area contributed by atoms with Crippen molar-refractivity contribution >= 4 is 27.0 Å². The molecule has 7 heteroatoms. The highest BCUT2D eigenvalue weighted by Crippen LogP contribution is 2.18. The van der Waals surface area contributed by atoms with Crippen molar-refractivity contribution in [3.8, 4) is 0 Å². The average molecular weight is 434 g/mol. The lowest BCUT2D eigenvalue weighted by molar-refractivity contribution is 0.243. The van der Waals surface area contributed by atoms with Crippen molar-refractivity contribution in [3.05, 3.63) is 102 Å². The summed E-state index contributed by atoms with van der Waals surface area (Å²) in [6, 6.07) is 25.4. The van der Waals surface area contributed by atoms with Gasteiger partial charge in [-0.15, -0.1) is 0 Å². The van der Waals surface area contributed by atoms with E-state index in [1.54, 1.807) is 42.1 Å². The van der Waals surface area contributed by atoms with Crippen LogP contribution in [0.4, 0.5) is 4.79 Å². The molecule has 1 aromatic heterocycles. The first-order chi connectivity index (χ1) is 14.9. The summed E-state index contributed by atoms with van der Waals surface area (Å²) in [4.78, 5) is 12.8. The lowest BCUT2D eigenvalue weighted by atomic mass is 10.2. The van der Waals surface area contributed by atoms with Crippen LogP contribution in [0.5, 0.6) is 0 Å². The molecule has 0 fully saturated rings. The van der Waals surface area contributed by atoms with E-state index in [9.17, 15) is 13.2 Å². The van der Waals surface area contributed by atoms with Crippen molar-refractivity contribution in [1.82, 2.24) is 14.2 Å². The Kier molecular flexibility index (Phi) is 5.88. The van der Waals surface area contributed by atoms with E-state index >= 15 is 0 Å². The SMILES string of the molecule is CN(Cc1ccccc1)S(=O)(=O)c1ccc(CNC(=O)n2ccc3ccccc32)cc1. The number of nitrogens with zero attached hydrogens (tertiary/aromatic N) is 2. The zero-order chi connectivity index (χ0) is 21.8. The van der Waals surface area contributed by atoms with Crippen molar-refractivity contribution in [3.63, 3.8) is 0 Å². The first-order valence-electron chi connectivity index (χ1n) is 9.89. The van der Waals surface area contributed by atoms with Gasteiger partial charge in [0.25, 0.3) is 0 Å². The van der Waals surface area contributed by atoms with Crippen LogP contribution in [-0.4, -0.2) is 30.4 Å². The Morgan fingerprint density at radius 1 is 0.871 bits per heavy atom. The molecule has 0 bridgehead atoms. The van der Waals surface area contributed by atoms with Crippen LogP contribution in [0.2, 0.25) is 0 Å². The second-order valence-electron chi connectivity index (χ2n) is 7.29. The van der Waals surface area contributed by atoms with Crippen molar-refractivity contribution in [2.24, 2.45) is 0 Å². The minimum absolute atomic E-state index is 0.220. The summed E-state index contributed by atoms with van der Waals surface area (Å²) in [5.41, 5.74) is 2.57. The van der Waals surface area contributed by atoms with Crippen molar-refractivity contribution < 1.29 is 13.2 Å². The Hall–Kier alpha value is -3.42. The molecule has 0 spiro atoms. The van der Waals surface area contributed by atoms with Crippen LogP contribution in [0.1, 0.15) is 11.1 Å². The van der Waals surface area contributed by atoms with Gasteiger partial charge in [0.15, 0.2) is 0 Å². The Morgan fingerprint density at radius 3 is 2.29 bits per heavy atom. The average Bonchev–Trinajstić information content (AvgIpc) is 3.23. The van der Waals surface area contributed by atoms with Crippen LogP contribution in [0.3, 0.4) is 0 Å². The van der Waals surface area contributed by atoms with Gasteiger partial charge in [0, 0.05) is 31.7 Å². The van der Waals surface area contributed by atoms with E-state index in [-0.39, 0.29) is 10.9 Å². The fourth-order valence-corrected chi connectivity index (χ4v) is 4.57. The van der Waals surface area contributed by atoms with Crippen LogP contribution >= 0.6 is 0 Å². The highest BCUT2D eigenvalue weighted by Gasteiger charge is 2.20. The van der Waals surface area contributed by atoms with E-state index in [1.165, 1.54) is 4.31 Å². The summed E-state index contributed by atoms with van der Waals surface area (Å²) in [7, 11) is -2.04. The molecule has 6 nitrogen and oxygen atoms in total. The van der Waals surface area contributed by atoms with Crippen LogP contribution in [0, 0.1) is 0 Å². The number of sulfonamides is 1. The first kappa shape index (κ1) is 20.8. The second-order valence-corrected chi connectivity index (χ2v) is 9.34. The minimum Gasteiger partial charge on any atom is -0.333 e. The van der Waals surface area contributed by atoms with Crippen molar-refractivity contribution in [1.29, 1.82) is 0 Å². The zero-order valence-corrected chi connectivity index (χ0v) is 17.9. The van der Waals surface area contributed by atoms with Gasteiger partial charge in [-0.3, -0.25) is 4.57 Å². The van der Waals surface area contributed by atoms with Gasteiger partial charge >= 0.3 is 6.03 Å². The van der Waals surface area contributed by atoms with Gasteiger partial charge in [-0.25, -0.2) is 13.2 Å². The smallest absolute Gasteiger partial charge is 0.326 e. The molecule has 0 atom stereocenters. The molecular formula is C24H23N3O3S. The van der Waals surface area contributed by atoms with Gasteiger partial charge < -0.3 is 5.32 Å². The maximum Gasteiger partial charge on any atom is 0.326 e. The van der Waals surface area contributed by atoms with Crippen LogP contribution in [0.15, 0.2) is 96.0 Å². The van der Waals surface area contributed by atoms with E-state index in [0.717, 1.165) is 22.0 Å². The third-order valence-corrected chi connectivity index (χ3v) is 6.96. The quantitative estimate of drug-likeness (QED) is 0.495. The van der Waals surface area contributed by atoms with Gasteiger partial charge in [0.05, 0.1) is 10.4 Å². The molecule has 4 aromatic rings. The minimum atomic E-state index is -3.60. The number of carbonyl (C=O) groups excluding carboxylic acids is 1. The Bertz CT molecular complexity index is 1300. The predicted octanol–water partition coefficient (Wildman–Crippen LogP) is 4.22. The van der Waals surface area contributed by atoms with Gasteiger partial charge in [0.2, 0.25) is 10.0 Å². The normalized spacial score (nSPS) is 11.7. The Morgan fingerprint density at radius 2 is 1.55 bits per heavy atom. The standard InChI is InChI=1S/C24H23N3O3S/c1-26(18-20-7-3-2-4-8-20)31(29,30)22-13-11-19(12-14-22)17-25-24(28)27-16-15-21-9-5-6-10-23(21)27/h2-16H,17-18H2,1H3,(H,25,28). The molecular weight excluding hydrogens is 410 g/mol. The maximum atomic E-state index is 12.8. The van der Waals surface area contributed by atoms with Crippen LogP contribution in [0.25, 0.3) is 10.9 Å². The molecule has 0 saturated carbocycles. The summed E-state index contributed by atoms with van der Waals surface area (Å²) in [6.07, 6.45) is 1.73. The van der Waals surface area contributed by atoms with E-state index in [1.807, 2.05) is 60.7 Å². The number of fused-ring (bicyclic) bond motifs is 1. The van der Waals surface area contributed by atoms with Gasteiger partial charge in [-0.2, -0.15) is 4.31 Å². The number of carbonyl (C=O) groups is 1. The number of nitrogens with one attached hydrogen (secondary N) is 1. The highest BCUT2D eigenvalue weighted by molar-refractivity contribution is 7.89. The summed E-state index contributed by atoms with van der Waals surface area (Å²) in [5, 5.41) is 3.86. The second kappa shape index (κ2) is 8.75. The number of hydrogen-bond acceptors (Lipinski definition) is 3. The number of hydrogen-bond donors (Lipinski definition) is 1. The van der Waals surface area contributed by atoms with E-state index < -0.39 is 10.0 Å². The molecule has 0 unspecified atom stereocenters. The molecule has 0 aliphatic rings. The lowest BCUT2D eigenvalue weighted by Gasteiger charge is -2.17. The molecule has 1 N–H and O–H groups in total. The molecule has 0 saturated heterocycles. The van der Waals surface area contributed by atoms with Gasteiger partial charge in [0.1, 0.15) is 0 Å². The van der Waals surface area contributed by atoms with Gasteiger partial charge in [-0.05, 0) is 35.4 Å². The number of amides is 1. The molecule has 31 heavy (non-hydrogen) atoms. The summed E-state index contributed by atoms with van der Waals surface area (Å²) in [5.74, 6) is 0. The summed E-state index contributed by atoms with van der Waals surface area (Å²) in [6.45, 7) is 0.595. The third-order valence-electron chi connectivity index (χ3n) is 5.14. The molecule has 0 aliphatic carbocycles. The van der Waals surface area contributed by atoms with E-state index in [0.29, 0.717) is 13.1 Å². The topological polar surface area (TPSA) is 71.4 Å². The maximum absolute atomic E-state index is 12.8. The lowest BCUT2D eigenvalue weighted by Crippen LogP contribution is -2.28. The highest BCUT2D eigenvalue weighted by atomic mass is 32.2. The largest absolute Gasteiger partial charge is 0.333 e. The number of benzene rings is 3. The molecule has 1 amide bonds. The molecule has 158 valence electrons. The van der Waals surface area contributed by atoms with E-state index in [2.05, 4.69) is 5.32 Å². The van der Waals surface area contributed by atoms with Crippen molar-refractivity contribution in [2.75, 3.05) is 7.05 Å². The first-order valence-corrected chi connectivity index (χ1v) is 11.3. The number of rotatable bonds is 6. The van der Waals surface area contributed by atoms with Gasteiger partial charge in [-0.1, -0.05) is 60.7 Å². The summed E-state index contributed by atoms with van der Waals surface area (Å²) < 4.78 is 28.6. The molecule has 0 aliphatic heterocycles. The zero-order valence-electron chi connectivity index (χ0n) is 17.1. The Balaban J connectivity index is 1.41. The Labute approximate surface area is 181 Å². The molecule has 0 radical (unpaired) electrons. The summed E-state index contributed by atoms with van der Waals surface area (Å²) >= 11 is 0.